The normalized spacial score (nSPS) is 9.94. The average Bonchev–Trinajstić information content (AvgIpc) is 2.77. The number of aromatic carboxylic acids is 2. The van der Waals surface area contributed by atoms with E-state index < -0.39 is 30.2 Å². The van der Waals surface area contributed by atoms with Crippen molar-refractivity contribution in [2.24, 2.45) is 5.41 Å². The number of carboxylic acid groups (broad SMARTS) is 4. The van der Waals surface area contributed by atoms with Crippen molar-refractivity contribution in [2.75, 3.05) is 13.2 Å². The molecule has 1 rings (SSSR count). The maximum absolute atomic E-state index is 10.5. The zero-order valence-electron chi connectivity index (χ0n) is 20.3. The van der Waals surface area contributed by atoms with E-state index in [1.165, 1.54) is 24.3 Å². The minimum absolute atomic E-state index is 0.0451. The van der Waals surface area contributed by atoms with Crippen LogP contribution in [0.2, 0.25) is 0 Å². The molecule has 0 amide bonds. The second kappa shape index (κ2) is 21.5. The van der Waals surface area contributed by atoms with Gasteiger partial charge >= 0.3 is 23.9 Å². The first kappa shape index (κ1) is 36.5. The number of rotatable bonds is 11. The molecule has 0 unspecified atom stereocenters. The fourth-order valence-electron chi connectivity index (χ4n) is 1.72. The highest BCUT2D eigenvalue weighted by molar-refractivity contribution is 6.01. The lowest BCUT2D eigenvalue weighted by molar-refractivity contribution is -0.139. The van der Waals surface area contributed by atoms with E-state index in [0.29, 0.717) is 19.3 Å². The first-order chi connectivity index (χ1) is 16.1. The summed E-state index contributed by atoms with van der Waals surface area (Å²) in [5, 5.41) is 66.4. The molecule has 0 radical (unpaired) electrons. The minimum atomic E-state index is -1.23. The fraction of sp³-hybridized carbons (Fsp3) is 0.565. The summed E-state index contributed by atoms with van der Waals surface area (Å²) < 4.78 is 0. The Bertz CT molecular complexity index is 689. The Morgan fingerprint density at radius 1 is 0.771 bits per heavy atom. The van der Waals surface area contributed by atoms with Crippen LogP contribution >= 0.6 is 0 Å². The van der Waals surface area contributed by atoms with Gasteiger partial charge in [0.25, 0.3) is 0 Å². The molecular weight excluding hydrogens is 468 g/mol. The summed E-state index contributed by atoms with van der Waals surface area (Å²) in [5.41, 5.74) is -0.685. The Hall–Kier alpha value is -3.06. The number of aliphatic hydroxyl groups is 4. The maximum atomic E-state index is 10.5. The van der Waals surface area contributed by atoms with Gasteiger partial charge in [0, 0.05) is 18.3 Å². The zero-order valence-corrected chi connectivity index (χ0v) is 20.3. The van der Waals surface area contributed by atoms with Crippen LogP contribution in [0.3, 0.4) is 0 Å². The molecule has 1 aromatic rings. The van der Waals surface area contributed by atoms with Crippen LogP contribution in [-0.2, 0) is 9.59 Å². The highest BCUT2D eigenvalue weighted by Gasteiger charge is 2.14. The molecule has 0 aliphatic carbocycles. The fourth-order valence-corrected chi connectivity index (χ4v) is 1.72. The molecular formula is C23H38O12. The molecule has 1 aromatic carbocycles. The number of benzene rings is 1. The van der Waals surface area contributed by atoms with Gasteiger partial charge in [-0.3, -0.25) is 9.59 Å². The van der Waals surface area contributed by atoms with Crippen molar-refractivity contribution in [3.8, 4) is 0 Å². The number of aliphatic carboxylic acids is 2. The van der Waals surface area contributed by atoms with E-state index in [1.807, 2.05) is 6.92 Å². The van der Waals surface area contributed by atoms with Gasteiger partial charge in [-0.2, -0.15) is 0 Å². The van der Waals surface area contributed by atoms with Crippen LogP contribution in [0.4, 0.5) is 0 Å². The van der Waals surface area contributed by atoms with Gasteiger partial charge in [-0.25, -0.2) is 9.59 Å². The summed E-state index contributed by atoms with van der Waals surface area (Å²) in [5.74, 6) is -4.20. The molecule has 0 saturated carbocycles. The van der Waals surface area contributed by atoms with Crippen LogP contribution in [0.15, 0.2) is 24.3 Å². The van der Waals surface area contributed by atoms with Crippen molar-refractivity contribution in [3.63, 3.8) is 0 Å². The van der Waals surface area contributed by atoms with Gasteiger partial charge in [0.1, 0.15) is 0 Å². The van der Waals surface area contributed by atoms with Gasteiger partial charge in [0.05, 0.1) is 24.3 Å². The van der Waals surface area contributed by atoms with Crippen molar-refractivity contribution in [1.82, 2.24) is 0 Å². The maximum Gasteiger partial charge on any atom is 0.336 e. The lowest BCUT2D eigenvalue weighted by Gasteiger charge is -2.16. The van der Waals surface area contributed by atoms with Crippen LogP contribution in [0.5, 0.6) is 0 Å². The molecule has 8 N–H and O–H groups in total. The largest absolute Gasteiger partial charge is 0.481 e. The lowest BCUT2D eigenvalue weighted by Crippen LogP contribution is -2.20. The molecule has 0 saturated heterocycles. The Morgan fingerprint density at radius 2 is 1.11 bits per heavy atom. The number of unbranched alkanes of at least 4 members (excludes halogenated alkanes) is 1. The zero-order chi connectivity index (χ0) is 28.0. The SMILES string of the molecule is CC(C)(CO)CO.CCCC(O)O.O=C(O)CCCCC(=O)O.O=C(O)c1ccccc1C(=O)O. The predicted molar refractivity (Wildman–Crippen MR) is 125 cm³/mol. The standard InChI is InChI=1S/C8H6O4.C6H10O4.C5H12O2.C4H10O2/c9-7(10)5-3-1-2-4-6(5)8(11)12;7-5(8)3-1-2-4-6(9)10;1-5(2,3-6)4-7;1-2-3-4(5)6/h1-4H,(H,9,10)(H,11,12);1-4H2,(H,7,8)(H,9,10);6-7H,3-4H2,1-2H3;4-6H,2-3H2,1H3. The van der Waals surface area contributed by atoms with E-state index in [9.17, 15) is 19.2 Å². The van der Waals surface area contributed by atoms with E-state index in [2.05, 4.69) is 0 Å². The molecule has 12 nitrogen and oxygen atoms in total. The molecule has 0 spiro atoms. The van der Waals surface area contributed by atoms with Crippen molar-refractivity contribution in [2.45, 2.75) is 65.6 Å². The number of carboxylic acids is 4. The van der Waals surface area contributed by atoms with Crippen molar-refractivity contribution in [3.05, 3.63) is 35.4 Å². The third-order valence-corrected chi connectivity index (χ3v) is 3.82. The summed E-state index contributed by atoms with van der Waals surface area (Å²) in [6.45, 7) is 5.59. The summed E-state index contributed by atoms with van der Waals surface area (Å²) in [6.07, 6.45) is 1.23. The Balaban J connectivity index is -0.000000406. The van der Waals surface area contributed by atoms with Crippen LogP contribution in [0.1, 0.15) is 80.0 Å². The van der Waals surface area contributed by atoms with E-state index >= 15 is 0 Å². The molecule has 0 bridgehead atoms. The highest BCUT2D eigenvalue weighted by Crippen LogP contribution is 2.10. The number of aliphatic hydroxyl groups excluding tert-OH is 3. The monoisotopic (exact) mass is 506 g/mol. The molecule has 35 heavy (non-hydrogen) atoms. The van der Waals surface area contributed by atoms with E-state index in [0.717, 1.165) is 6.42 Å². The molecule has 0 aromatic heterocycles. The van der Waals surface area contributed by atoms with Crippen LogP contribution in [0.25, 0.3) is 0 Å². The van der Waals surface area contributed by atoms with Gasteiger partial charge < -0.3 is 40.9 Å². The molecule has 12 heteroatoms. The summed E-state index contributed by atoms with van der Waals surface area (Å²) in [6, 6.07) is 5.48. The van der Waals surface area contributed by atoms with Crippen molar-refractivity contribution in [1.29, 1.82) is 0 Å². The second-order valence-corrected chi connectivity index (χ2v) is 7.90. The third kappa shape index (κ3) is 25.4. The molecule has 0 heterocycles. The summed E-state index contributed by atoms with van der Waals surface area (Å²) >= 11 is 0. The lowest BCUT2D eigenvalue weighted by atomic mass is 9.97. The molecule has 0 fully saturated rings. The molecule has 0 aliphatic rings. The Morgan fingerprint density at radius 3 is 1.26 bits per heavy atom. The first-order valence-corrected chi connectivity index (χ1v) is 10.7. The number of hydrogen-bond donors (Lipinski definition) is 8. The highest BCUT2D eigenvalue weighted by atomic mass is 16.5. The number of carbonyl (C=O) groups is 4. The van der Waals surface area contributed by atoms with Crippen LogP contribution < -0.4 is 0 Å². The van der Waals surface area contributed by atoms with Crippen LogP contribution in [0, 0.1) is 5.41 Å². The quantitative estimate of drug-likeness (QED) is 0.159. The average molecular weight is 507 g/mol. The minimum Gasteiger partial charge on any atom is -0.481 e. The van der Waals surface area contributed by atoms with Crippen LogP contribution in [-0.4, -0.2) is 84.2 Å². The van der Waals surface area contributed by atoms with E-state index in [4.69, 9.17) is 40.9 Å². The van der Waals surface area contributed by atoms with E-state index in [-0.39, 0.29) is 42.6 Å². The Labute approximate surface area is 204 Å². The number of hydrogen-bond acceptors (Lipinski definition) is 8. The molecule has 202 valence electrons. The topological polar surface area (TPSA) is 230 Å². The van der Waals surface area contributed by atoms with E-state index in [1.54, 1.807) is 13.8 Å². The summed E-state index contributed by atoms with van der Waals surface area (Å²) in [4.78, 5) is 40.7. The van der Waals surface area contributed by atoms with Gasteiger partial charge in [-0.15, -0.1) is 0 Å². The van der Waals surface area contributed by atoms with Gasteiger partial charge in [0.2, 0.25) is 0 Å². The van der Waals surface area contributed by atoms with Crippen molar-refractivity contribution >= 4 is 23.9 Å². The van der Waals surface area contributed by atoms with Gasteiger partial charge in [0.15, 0.2) is 6.29 Å². The molecule has 0 atom stereocenters. The van der Waals surface area contributed by atoms with Gasteiger partial charge in [-0.1, -0.05) is 39.3 Å². The smallest absolute Gasteiger partial charge is 0.336 e. The predicted octanol–water partition coefficient (Wildman–Crippen LogP) is 1.89. The summed E-state index contributed by atoms with van der Waals surface area (Å²) in [7, 11) is 0. The molecule has 0 aliphatic heterocycles. The third-order valence-electron chi connectivity index (χ3n) is 3.82. The Kier molecular flexibility index (Phi) is 22.4. The second-order valence-electron chi connectivity index (χ2n) is 7.90. The van der Waals surface area contributed by atoms with Crippen molar-refractivity contribution < 1.29 is 60.0 Å². The first-order valence-electron chi connectivity index (χ1n) is 10.7. The van der Waals surface area contributed by atoms with Gasteiger partial charge in [-0.05, 0) is 31.4 Å².